The minimum absolute atomic E-state index is 0.108. The first-order valence-electron chi connectivity index (χ1n) is 4.74. The first-order chi connectivity index (χ1) is 8.69. The highest BCUT2D eigenvalue weighted by Gasteiger charge is 2.11. The molecule has 0 saturated carbocycles. The second-order valence-electron chi connectivity index (χ2n) is 3.10. The molecule has 0 fully saturated rings. The van der Waals surface area contributed by atoms with Gasteiger partial charge in [-0.3, -0.25) is 4.79 Å². The first kappa shape index (κ1) is 12.5. The predicted octanol–water partition coefficient (Wildman–Crippen LogP) is 1.58. The van der Waals surface area contributed by atoms with Crippen molar-refractivity contribution in [1.82, 2.24) is 15.0 Å². The van der Waals surface area contributed by atoms with Gasteiger partial charge in [-0.25, -0.2) is 15.0 Å². The Labute approximate surface area is 110 Å². The van der Waals surface area contributed by atoms with Crippen molar-refractivity contribution < 1.29 is 9.90 Å². The minimum atomic E-state index is -0.922. The van der Waals surface area contributed by atoms with Gasteiger partial charge in [0.05, 0.1) is 12.1 Å². The normalized spacial score (nSPS) is 9.94. The maximum atomic E-state index is 10.5. The molecule has 6 nitrogen and oxygen atoms in total. The summed E-state index contributed by atoms with van der Waals surface area (Å²) < 4.78 is 0.642. The van der Waals surface area contributed by atoms with E-state index >= 15 is 0 Å². The monoisotopic (exact) mass is 278 g/mol. The van der Waals surface area contributed by atoms with Crippen LogP contribution in [0, 0.1) is 11.3 Å². The molecule has 0 aromatic carbocycles. The molecule has 0 saturated heterocycles. The Morgan fingerprint density at radius 3 is 3.00 bits per heavy atom. The van der Waals surface area contributed by atoms with E-state index in [4.69, 9.17) is 10.4 Å². The number of aliphatic carboxylic acids is 1. The highest BCUT2D eigenvalue weighted by atomic mass is 32.2. The molecule has 2 rings (SSSR count). The van der Waals surface area contributed by atoms with Gasteiger partial charge >= 0.3 is 5.97 Å². The molecule has 0 aliphatic heterocycles. The SMILES string of the molecule is N#Cc1nccnc1Sc1nc(CC(=O)O)cs1. The van der Waals surface area contributed by atoms with Gasteiger partial charge in [0.2, 0.25) is 0 Å². The van der Waals surface area contributed by atoms with E-state index in [1.165, 1.54) is 35.5 Å². The summed E-state index contributed by atoms with van der Waals surface area (Å²) in [6.45, 7) is 0. The van der Waals surface area contributed by atoms with Crippen LogP contribution in [0.1, 0.15) is 11.4 Å². The van der Waals surface area contributed by atoms with E-state index in [1.54, 1.807) is 5.38 Å². The van der Waals surface area contributed by atoms with E-state index < -0.39 is 5.97 Å². The summed E-state index contributed by atoms with van der Waals surface area (Å²) in [7, 11) is 0. The third-order valence-corrected chi connectivity index (χ3v) is 3.80. The molecule has 90 valence electrons. The number of nitriles is 1. The van der Waals surface area contributed by atoms with Crippen LogP contribution >= 0.6 is 23.1 Å². The Kier molecular flexibility index (Phi) is 3.86. The van der Waals surface area contributed by atoms with Gasteiger partial charge in [0.25, 0.3) is 0 Å². The summed E-state index contributed by atoms with van der Waals surface area (Å²) in [4.78, 5) is 22.6. The van der Waals surface area contributed by atoms with Crippen LogP contribution in [0.25, 0.3) is 0 Å². The van der Waals surface area contributed by atoms with Crippen molar-refractivity contribution in [2.45, 2.75) is 15.8 Å². The quantitative estimate of drug-likeness (QED) is 0.906. The average Bonchev–Trinajstić information content (AvgIpc) is 2.76. The first-order valence-corrected chi connectivity index (χ1v) is 6.44. The van der Waals surface area contributed by atoms with Gasteiger partial charge in [-0.05, 0) is 11.8 Å². The van der Waals surface area contributed by atoms with Gasteiger partial charge in [-0.15, -0.1) is 11.3 Å². The lowest BCUT2D eigenvalue weighted by Gasteiger charge is -1.97. The van der Waals surface area contributed by atoms with E-state index in [0.717, 1.165) is 0 Å². The largest absolute Gasteiger partial charge is 0.481 e. The maximum Gasteiger partial charge on any atom is 0.309 e. The molecule has 0 aliphatic rings. The third-order valence-electron chi connectivity index (χ3n) is 1.82. The summed E-state index contributed by atoms with van der Waals surface area (Å²) in [6, 6.07) is 1.94. The Morgan fingerprint density at radius 2 is 2.28 bits per heavy atom. The molecule has 2 aromatic heterocycles. The molecular weight excluding hydrogens is 272 g/mol. The molecule has 0 bridgehead atoms. The molecule has 2 aromatic rings. The van der Waals surface area contributed by atoms with E-state index in [2.05, 4.69) is 15.0 Å². The van der Waals surface area contributed by atoms with Crippen LogP contribution in [0.15, 0.2) is 27.1 Å². The highest BCUT2D eigenvalue weighted by molar-refractivity contribution is 8.01. The fourth-order valence-corrected chi connectivity index (χ4v) is 2.88. The maximum absolute atomic E-state index is 10.5. The van der Waals surface area contributed by atoms with Crippen LogP contribution in [-0.4, -0.2) is 26.0 Å². The molecule has 0 spiro atoms. The molecule has 0 radical (unpaired) electrons. The lowest BCUT2D eigenvalue weighted by molar-refractivity contribution is -0.136. The number of aromatic nitrogens is 3. The van der Waals surface area contributed by atoms with Crippen molar-refractivity contribution in [2.75, 3.05) is 0 Å². The standard InChI is InChI=1S/C10H6N4O2S2/c11-4-7-9(13-2-1-12-7)18-10-14-6(5-17-10)3-8(15)16/h1-2,5H,3H2,(H,15,16). The van der Waals surface area contributed by atoms with Gasteiger partial charge in [0.15, 0.2) is 10.0 Å². The number of nitrogens with zero attached hydrogens (tertiary/aromatic N) is 4. The lowest BCUT2D eigenvalue weighted by Crippen LogP contribution is -1.99. The molecular formula is C10H6N4O2S2. The predicted molar refractivity (Wildman–Crippen MR) is 64.3 cm³/mol. The molecule has 1 N–H and O–H groups in total. The van der Waals surface area contributed by atoms with Crippen LogP contribution in [0.4, 0.5) is 0 Å². The summed E-state index contributed by atoms with van der Waals surface area (Å²) in [5.41, 5.74) is 0.731. The Morgan fingerprint density at radius 1 is 1.50 bits per heavy atom. The van der Waals surface area contributed by atoms with E-state index in [1.807, 2.05) is 6.07 Å². The molecule has 18 heavy (non-hydrogen) atoms. The summed E-state index contributed by atoms with van der Waals surface area (Å²) in [6.07, 6.45) is 2.83. The van der Waals surface area contributed by atoms with Crippen LogP contribution in [0.5, 0.6) is 0 Å². The summed E-state index contributed by atoms with van der Waals surface area (Å²) in [5.74, 6) is -0.922. The number of carboxylic acid groups (broad SMARTS) is 1. The Hall–Kier alpha value is -1.98. The van der Waals surface area contributed by atoms with Gasteiger partial charge < -0.3 is 5.11 Å². The topological polar surface area (TPSA) is 99.8 Å². The minimum Gasteiger partial charge on any atom is -0.481 e. The second-order valence-corrected chi connectivity index (χ2v) is 5.19. The van der Waals surface area contributed by atoms with E-state index in [-0.39, 0.29) is 12.1 Å². The smallest absolute Gasteiger partial charge is 0.309 e. The van der Waals surface area contributed by atoms with Crippen LogP contribution < -0.4 is 0 Å². The summed E-state index contributed by atoms with van der Waals surface area (Å²) >= 11 is 2.52. The fraction of sp³-hybridized carbons (Fsp3) is 0.100. The molecule has 0 amide bonds. The fourth-order valence-electron chi connectivity index (χ4n) is 1.13. The van der Waals surface area contributed by atoms with Gasteiger partial charge in [-0.2, -0.15) is 5.26 Å². The van der Waals surface area contributed by atoms with Gasteiger partial charge in [0.1, 0.15) is 11.1 Å². The van der Waals surface area contributed by atoms with Crippen molar-refractivity contribution in [1.29, 1.82) is 5.26 Å². The van der Waals surface area contributed by atoms with Crippen molar-refractivity contribution in [3.05, 3.63) is 29.2 Å². The number of hydrogen-bond donors (Lipinski definition) is 1. The summed E-state index contributed by atoms with van der Waals surface area (Å²) in [5, 5.41) is 19.6. The van der Waals surface area contributed by atoms with Crippen molar-refractivity contribution in [2.24, 2.45) is 0 Å². The van der Waals surface area contributed by atoms with Crippen LogP contribution in [0.3, 0.4) is 0 Å². The van der Waals surface area contributed by atoms with E-state index in [9.17, 15) is 4.79 Å². The lowest BCUT2D eigenvalue weighted by atomic mass is 10.3. The zero-order valence-corrected chi connectivity index (χ0v) is 10.5. The Balaban J connectivity index is 2.17. The Bertz CT molecular complexity index is 620. The van der Waals surface area contributed by atoms with Crippen molar-refractivity contribution in [3.63, 3.8) is 0 Å². The van der Waals surface area contributed by atoms with Crippen LogP contribution in [0.2, 0.25) is 0 Å². The molecule has 0 atom stereocenters. The number of carbonyl (C=O) groups is 1. The number of rotatable bonds is 4. The molecule has 8 heteroatoms. The molecule has 0 aliphatic carbocycles. The third kappa shape index (κ3) is 3.03. The van der Waals surface area contributed by atoms with Crippen molar-refractivity contribution in [3.8, 4) is 6.07 Å². The van der Waals surface area contributed by atoms with Gasteiger partial charge in [-0.1, -0.05) is 0 Å². The van der Waals surface area contributed by atoms with Gasteiger partial charge in [0, 0.05) is 17.8 Å². The number of thiazole rings is 1. The second kappa shape index (κ2) is 5.57. The highest BCUT2D eigenvalue weighted by Crippen LogP contribution is 2.30. The zero-order valence-electron chi connectivity index (χ0n) is 8.90. The molecule has 0 unspecified atom stereocenters. The average molecular weight is 278 g/mol. The number of hydrogen-bond acceptors (Lipinski definition) is 7. The molecule has 2 heterocycles. The van der Waals surface area contributed by atoms with Crippen LogP contribution in [-0.2, 0) is 11.2 Å². The number of carboxylic acids is 1. The van der Waals surface area contributed by atoms with Crippen molar-refractivity contribution >= 4 is 29.1 Å². The zero-order chi connectivity index (χ0) is 13.0. The van der Waals surface area contributed by atoms with E-state index in [0.29, 0.717) is 15.1 Å².